The maximum Gasteiger partial charge on any atom is 0.253 e. The summed E-state index contributed by atoms with van der Waals surface area (Å²) in [5.41, 5.74) is 0.744. The Labute approximate surface area is 396 Å². The second-order valence-electron chi connectivity index (χ2n) is 14.5. The van der Waals surface area contributed by atoms with Crippen LogP contribution in [0.4, 0.5) is 0 Å². The Morgan fingerprint density at radius 2 is 0.971 bits per heavy atom. The smallest absolute Gasteiger partial charge is 0.253 e. The Morgan fingerprint density at radius 3 is 1.51 bits per heavy atom. The third kappa shape index (κ3) is 31.5. The molecule has 24 heteroatoms. The summed E-state index contributed by atoms with van der Waals surface area (Å²) in [6.07, 6.45) is 5.11. The molecule has 0 fully saturated rings. The van der Waals surface area contributed by atoms with Crippen molar-refractivity contribution in [2.75, 3.05) is 145 Å². The molecule has 382 valence electrons. The molecule has 0 radical (unpaired) electrons. The molecule has 8 amide bonds. The van der Waals surface area contributed by atoms with Crippen LogP contribution in [0.25, 0.3) is 0 Å². The Balaban J connectivity index is 1.29. The Bertz CT molecular complexity index is 1640. The first-order valence-corrected chi connectivity index (χ1v) is 22.5. The normalized spacial score (nSPS) is 12.5. The van der Waals surface area contributed by atoms with Crippen LogP contribution >= 0.6 is 0 Å². The quantitative estimate of drug-likeness (QED) is 0.0193. The topological polar surface area (TPSA) is 306 Å². The number of aliphatic hydroxyl groups is 1. The Morgan fingerprint density at radius 1 is 0.500 bits per heavy atom. The fraction of sp³-hybridized carbons (Fsp3) is 0.636. The molecule has 0 aromatic heterocycles. The van der Waals surface area contributed by atoms with Crippen LogP contribution in [-0.2, 0) is 82.7 Å². The molecule has 1 aliphatic heterocycles. The van der Waals surface area contributed by atoms with Gasteiger partial charge in [0.2, 0.25) is 35.4 Å². The summed E-state index contributed by atoms with van der Waals surface area (Å²) in [5.74, 6) is -3.76. The maximum atomic E-state index is 12.7. The zero-order valence-corrected chi connectivity index (χ0v) is 38.6. The Kier molecular flexibility index (Phi) is 34.1. The molecule has 7 N–H and O–H groups in total. The van der Waals surface area contributed by atoms with Crippen molar-refractivity contribution in [3.63, 3.8) is 0 Å². The van der Waals surface area contributed by atoms with Gasteiger partial charge in [0.15, 0.2) is 0 Å². The second kappa shape index (κ2) is 39.5. The second-order valence-corrected chi connectivity index (χ2v) is 14.5. The standard InChI is InChI=1S/C44H69N7O17/c52-34-49-39(55)31-48-44(60)36(29-35-7-3-1-4-8-35)50-40(56)32-46-38(54)30-47-41(57)33-68-28-27-67-26-25-66-24-23-65-22-21-64-20-19-63-18-17-62-16-15-61-14-12-45-37(53)9-5-2-6-13-51-42(58)10-11-43(51)59/h1,3-4,7-8,10-11,36,52H,2,5-6,9,12-34H2,(H,45,53)(H,46,54)(H,47,57)(H,48,60)(H,49,55)(H,50,56)/t36-/m0/s1. The summed E-state index contributed by atoms with van der Waals surface area (Å²) in [5, 5.41) is 23.4. The van der Waals surface area contributed by atoms with Gasteiger partial charge >= 0.3 is 0 Å². The number of nitrogens with zero attached hydrogens (tertiary/aromatic N) is 1. The van der Waals surface area contributed by atoms with Gasteiger partial charge in [-0.15, -0.1) is 0 Å². The van der Waals surface area contributed by atoms with E-state index in [9.17, 15) is 38.4 Å². The number of unbranched alkanes of at least 4 members (excludes halogenated alkanes) is 2. The number of carbonyl (C=O) groups is 8. The van der Waals surface area contributed by atoms with E-state index in [1.807, 2.05) is 0 Å². The van der Waals surface area contributed by atoms with E-state index in [2.05, 4.69) is 31.9 Å². The maximum absolute atomic E-state index is 12.7. The van der Waals surface area contributed by atoms with Crippen molar-refractivity contribution in [1.82, 2.24) is 36.8 Å². The molecule has 1 aliphatic rings. The summed E-state index contributed by atoms with van der Waals surface area (Å²) >= 11 is 0. The number of hydrogen-bond donors (Lipinski definition) is 7. The first kappa shape index (κ1) is 58.7. The van der Waals surface area contributed by atoms with Gasteiger partial charge in [0.25, 0.3) is 11.8 Å². The van der Waals surface area contributed by atoms with Crippen LogP contribution in [0.3, 0.4) is 0 Å². The molecular formula is C44H69N7O17. The molecule has 0 unspecified atom stereocenters. The van der Waals surface area contributed by atoms with Gasteiger partial charge in [0, 0.05) is 38.1 Å². The molecule has 68 heavy (non-hydrogen) atoms. The van der Waals surface area contributed by atoms with E-state index in [1.54, 1.807) is 30.3 Å². The van der Waals surface area contributed by atoms with Crippen molar-refractivity contribution in [2.24, 2.45) is 0 Å². The lowest BCUT2D eigenvalue weighted by atomic mass is 10.1. The van der Waals surface area contributed by atoms with Gasteiger partial charge in [-0.1, -0.05) is 36.8 Å². The molecular weight excluding hydrogens is 899 g/mol. The summed E-state index contributed by atoms with van der Waals surface area (Å²) in [6, 6.07) is 7.80. The molecule has 1 atom stereocenters. The highest BCUT2D eigenvalue weighted by atomic mass is 16.6. The van der Waals surface area contributed by atoms with Crippen molar-refractivity contribution < 1.29 is 81.4 Å². The molecule has 1 heterocycles. The summed E-state index contributed by atoms with van der Waals surface area (Å²) in [7, 11) is 0. The van der Waals surface area contributed by atoms with Crippen LogP contribution in [0.1, 0.15) is 31.2 Å². The van der Waals surface area contributed by atoms with Crippen molar-refractivity contribution in [2.45, 2.75) is 38.1 Å². The minimum atomic E-state index is -1.06. The van der Waals surface area contributed by atoms with E-state index in [0.29, 0.717) is 118 Å². The predicted octanol–water partition coefficient (Wildman–Crippen LogP) is -3.14. The van der Waals surface area contributed by atoms with Gasteiger partial charge in [-0.05, 0) is 18.4 Å². The summed E-state index contributed by atoms with van der Waals surface area (Å²) in [4.78, 5) is 97.2. The highest BCUT2D eigenvalue weighted by Crippen LogP contribution is 2.08. The largest absolute Gasteiger partial charge is 0.377 e. The highest BCUT2D eigenvalue weighted by molar-refractivity contribution is 6.12. The minimum absolute atomic E-state index is 0.0655. The average Bonchev–Trinajstić information content (AvgIpc) is 3.65. The van der Waals surface area contributed by atoms with E-state index in [0.717, 1.165) is 12.0 Å². The van der Waals surface area contributed by atoms with Crippen LogP contribution in [0.15, 0.2) is 42.5 Å². The summed E-state index contributed by atoms with van der Waals surface area (Å²) in [6.45, 7) is 3.99. The molecule has 0 aliphatic carbocycles. The van der Waals surface area contributed by atoms with E-state index < -0.39 is 61.9 Å². The van der Waals surface area contributed by atoms with Crippen LogP contribution in [0, 0.1) is 0 Å². The van der Waals surface area contributed by atoms with Crippen LogP contribution in [0.5, 0.6) is 0 Å². The molecule has 2 rings (SSSR count). The molecule has 0 saturated heterocycles. The van der Waals surface area contributed by atoms with Gasteiger partial charge in [-0.25, -0.2) is 0 Å². The molecule has 0 saturated carbocycles. The summed E-state index contributed by atoms with van der Waals surface area (Å²) < 4.78 is 43.4. The van der Waals surface area contributed by atoms with Crippen LogP contribution in [-0.4, -0.2) is 208 Å². The number of imide groups is 1. The number of benzene rings is 1. The van der Waals surface area contributed by atoms with Gasteiger partial charge in [0.1, 0.15) is 19.4 Å². The molecule has 1 aromatic carbocycles. The van der Waals surface area contributed by atoms with E-state index in [1.165, 1.54) is 17.1 Å². The number of amides is 8. The lowest BCUT2D eigenvalue weighted by Gasteiger charge is -2.19. The van der Waals surface area contributed by atoms with Crippen LogP contribution in [0.2, 0.25) is 0 Å². The van der Waals surface area contributed by atoms with Crippen molar-refractivity contribution in [3.05, 3.63) is 48.0 Å². The van der Waals surface area contributed by atoms with Gasteiger partial charge < -0.3 is 74.9 Å². The molecule has 0 bridgehead atoms. The van der Waals surface area contributed by atoms with Crippen molar-refractivity contribution in [1.29, 1.82) is 0 Å². The van der Waals surface area contributed by atoms with Gasteiger partial charge in [-0.2, -0.15) is 0 Å². The number of rotatable bonds is 43. The van der Waals surface area contributed by atoms with E-state index in [-0.39, 0.29) is 44.0 Å². The fourth-order valence-corrected chi connectivity index (χ4v) is 5.66. The van der Waals surface area contributed by atoms with Crippen LogP contribution < -0.4 is 31.9 Å². The SMILES string of the molecule is O=C(CCCCCN1C(=O)C=CC1=O)NCCOCCOCCOCCOCCOCCOCCOCCOCC(=O)NCC(=O)NCC(=O)N[C@@H](Cc1ccccc1)C(=O)NCC(=O)NCO. The van der Waals surface area contributed by atoms with Gasteiger partial charge in [0.05, 0.1) is 119 Å². The monoisotopic (exact) mass is 967 g/mol. The zero-order valence-electron chi connectivity index (χ0n) is 38.6. The van der Waals surface area contributed by atoms with E-state index in [4.69, 9.17) is 43.0 Å². The third-order valence-electron chi connectivity index (χ3n) is 9.12. The lowest BCUT2D eigenvalue weighted by Crippen LogP contribution is -2.52. The number of ether oxygens (including phenoxy) is 8. The first-order valence-electron chi connectivity index (χ1n) is 22.5. The average molecular weight is 968 g/mol. The first-order chi connectivity index (χ1) is 33.1. The van der Waals surface area contributed by atoms with Crippen molar-refractivity contribution >= 4 is 47.3 Å². The molecule has 0 spiro atoms. The Hall–Kier alpha value is -5.44. The fourth-order valence-electron chi connectivity index (χ4n) is 5.66. The van der Waals surface area contributed by atoms with Crippen molar-refractivity contribution in [3.8, 4) is 0 Å². The number of carbonyl (C=O) groups excluding carboxylic acids is 8. The number of aliphatic hydroxyl groups excluding tert-OH is 1. The molecule has 24 nitrogen and oxygen atoms in total. The highest BCUT2D eigenvalue weighted by Gasteiger charge is 2.23. The number of nitrogens with one attached hydrogen (secondary N) is 6. The predicted molar refractivity (Wildman–Crippen MR) is 240 cm³/mol. The zero-order chi connectivity index (χ0) is 49.3. The van der Waals surface area contributed by atoms with E-state index >= 15 is 0 Å². The third-order valence-corrected chi connectivity index (χ3v) is 9.12. The van der Waals surface area contributed by atoms with Gasteiger partial charge in [-0.3, -0.25) is 43.3 Å². The lowest BCUT2D eigenvalue weighted by molar-refractivity contribution is -0.137. The number of hydrogen-bond acceptors (Lipinski definition) is 17. The minimum Gasteiger partial charge on any atom is -0.377 e. The molecule has 1 aromatic rings.